The first-order chi connectivity index (χ1) is 10.2. The molecule has 0 unspecified atom stereocenters. The van der Waals surface area contributed by atoms with Crippen LogP contribution in [0.1, 0.15) is 39.0 Å². The van der Waals surface area contributed by atoms with Crippen molar-refractivity contribution in [1.82, 2.24) is 10.2 Å². The predicted molar refractivity (Wildman–Crippen MR) is 85.2 cm³/mol. The van der Waals surface area contributed by atoms with Crippen LogP contribution in [0, 0.1) is 5.92 Å². The summed E-state index contributed by atoms with van der Waals surface area (Å²) in [5.74, 6) is 1.54. The molecule has 0 saturated heterocycles. The Labute approximate surface area is 125 Å². The fourth-order valence-electron chi connectivity index (χ4n) is 3.21. The largest absolute Gasteiger partial charge is 0.388 e. The lowest BCUT2D eigenvalue weighted by Gasteiger charge is -2.36. The number of aliphatic hydroxyl groups is 1. The molecule has 2 aromatic rings. The zero-order valence-electron chi connectivity index (χ0n) is 12.5. The molecule has 1 aromatic heterocycles. The molecule has 0 bridgehead atoms. The fraction of sp³-hybridized carbons (Fsp3) is 0.529. The molecule has 21 heavy (non-hydrogen) atoms. The zero-order valence-corrected chi connectivity index (χ0v) is 12.5. The van der Waals surface area contributed by atoms with Gasteiger partial charge in [-0.1, -0.05) is 37.6 Å². The summed E-state index contributed by atoms with van der Waals surface area (Å²) in [4.78, 5) is 0. The molecule has 0 amide bonds. The molecule has 4 heteroatoms. The van der Waals surface area contributed by atoms with Crippen molar-refractivity contribution in [2.24, 2.45) is 5.92 Å². The highest BCUT2D eigenvalue weighted by molar-refractivity contribution is 5.90. The van der Waals surface area contributed by atoms with Gasteiger partial charge in [0, 0.05) is 17.3 Å². The molecule has 0 radical (unpaired) electrons. The summed E-state index contributed by atoms with van der Waals surface area (Å²) in [6.07, 6.45) is 6.97. The van der Waals surface area contributed by atoms with Crippen LogP contribution in [0.25, 0.3) is 10.8 Å². The molecule has 0 aliphatic heterocycles. The van der Waals surface area contributed by atoms with Crippen molar-refractivity contribution in [3.8, 4) is 0 Å². The van der Waals surface area contributed by atoms with E-state index in [1.54, 1.807) is 6.20 Å². The number of nitrogens with zero attached hydrogens (tertiary/aromatic N) is 2. The summed E-state index contributed by atoms with van der Waals surface area (Å²) in [6, 6.07) is 8.05. The van der Waals surface area contributed by atoms with Crippen LogP contribution in [0.2, 0.25) is 0 Å². The van der Waals surface area contributed by atoms with Gasteiger partial charge in [-0.25, -0.2) is 0 Å². The molecule has 1 heterocycles. The lowest BCUT2D eigenvalue weighted by molar-refractivity contribution is 0.00224. The third-order valence-electron chi connectivity index (χ3n) is 4.77. The van der Waals surface area contributed by atoms with Crippen LogP contribution in [0.3, 0.4) is 0 Å². The average molecular weight is 285 g/mol. The minimum Gasteiger partial charge on any atom is -0.388 e. The number of aromatic nitrogens is 2. The van der Waals surface area contributed by atoms with Crippen molar-refractivity contribution >= 4 is 16.6 Å². The van der Waals surface area contributed by atoms with E-state index in [-0.39, 0.29) is 0 Å². The molecule has 4 nitrogen and oxygen atoms in total. The van der Waals surface area contributed by atoms with Crippen LogP contribution in [0.5, 0.6) is 0 Å². The first kappa shape index (κ1) is 14.3. The second-order valence-electron chi connectivity index (χ2n) is 6.21. The maximum absolute atomic E-state index is 10.7. The number of anilines is 1. The maximum atomic E-state index is 10.7. The van der Waals surface area contributed by atoms with E-state index in [1.807, 2.05) is 24.3 Å². The minimum atomic E-state index is -0.607. The monoisotopic (exact) mass is 285 g/mol. The van der Waals surface area contributed by atoms with Gasteiger partial charge in [-0.3, -0.25) is 0 Å². The summed E-state index contributed by atoms with van der Waals surface area (Å²) >= 11 is 0. The number of hydrogen-bond acceptors (Lipinski definition) is 4. The summed E-state index contributed by atoms with van der Waals surface area (Å²) in [5, 5.41) is 24.3. The molecule has 0 spiro atoms. The number of nitrogens with one attached hydrogen (secondary N) is 1. The lowest BCUT2D eigenvalue weighted by Crippen LogP contribution is -2.40. The average Bonchev–Trinajstić information content (AvgIpc) is 2.54. The molecule has 1 fully saturated rings. The highest BCUT2D eigenvalue weighted by Crippen LogP contribution is 2.34. The smallest absolute Gasteiger partial charge is 0.156 e. The van der Waals surface area contributed by atoms with Crippen LogP contribution in [-0.2, 0) is 0 Å². The molecular weight excluding hydrogens is 262 g/mol. The number of benzene rings is 1. The maximum Gasteiger partial charge on any atom is 0.156 e. The van der Waals surface area contributed by atoms with E-state index in [9.17, 15) is 5.11 Å². The van der Waals surface area contributed by atoms with Crippen LogP contribution in [0.15, 0.2) is 30.5 Å². The molecule has 1 aliphatic rings. The summed E-state index contributed by atoms with van der Waals surface area (Å²) in [5.41, 5.74) is -0.607. The Morgan fingerprint density at radius 2 is 2.05 bits per heavy atom. The van der Waals surface area contributed by atoms with Crippen molar-refractivity contribution < 1.29 is 5.11 Å². The van der Waals surface area contributed by atoms with Gasteiger partial charge in [0.2, 0.25) is 0 Å². The number of hydrogen-bond donors (Lipinski definition) is 2. The third kappa shape index (κ3) is 3.16. The fourth-order valence-corrected chi connectivity index (χ4v) is 3.21. The summed E-state index contributed by atoms with van der Waals surface area (Å²) < 4.78 is 0. The number of fused-ring (bicyclic) bond motifs is 1. The van der Waals surface area contributed by atoms with Gasteiger partial charge in [-0.2, -0.15) is 5.10 Å². The Morgan fingerprint density at radius 1 is 1.29 bits per heavy atom. The summed E-state index contributed by atoms with van der Waals surface area (Å²) in [6.45, 7) is 2.78. The molecule has 2 N–H and O–H groups in total. The highest BCUT2D eigenvalue weighted by atomic mass is 16.3. The Kier molecular flexibility index (Phi) is 4.06. The van der Waals surface area contributed by atoms with E-state index in [1.165, 1.54) is 6.42 Å². The predicted octanol–water partition coefficient (Wildman–Crippen LogP) is 3.37. The van der Waals surface area contributed by atoms with E-state index in [2.05, 4.69) is 22.4 Å². The van der Waals surface area contributed by atoms with Gasteiger partial charge in [-0.15, -0.1) is 5.10 Å². The first-order valence-corrected chi connectivity index (χ1v) is 7.87. The molecule has 112 valence electrons. The second-order valence-corrected chi connectivity index (χ2v) is 6.21. The van der Waals surface area contributed by atoms with Crippen LogP contribution >= 0.6 is 0 Å². The van der Waals surface area contributed by atoms with Gasteiger partial charge in [-0.05, 0) is 31.6 Å². The molecule has 1 saturated carbocycles. The van der Waals surface area contributed by atoms with Crippen LogP contribution in [0.4, 0.5) is 5.82 Å². The normalized spacial score (nSPS) is 25.9. The molecular formula is C17H23N3O. The quantitative estimate of drug-likeness (QED) is 0.904. The van der Waals surface area contributed by atoms with Gasteiger partial charge >= 0.3 is 0 Å². The van der Waals surface area contributed by atoms with Gasteiger partial charge in [0.1, 0.15) is 0 Å². The van der Waals surface area contributed by atoms with E-state index in [0.29, 0.717) is 6.54 Å². The SMILES string of the molecule is CCC1CCC(O)(CNc2nncc3ccccc23)CC1. The highest BCUT2D eigenvalue weighted by Gasteiger charge is 2.32. The Balaban J connectivity index is 1.69. The lowest BCUT2D eigenvalue weighted by atomic mass is 9.78. The van der Waals surface area contributed by atoms with E-state index in [0.717, 1.165) is 48.2 Å². The van der Waals surface area contributed by atoms with Crippen molar-refractivity contribution in [3.63, 3.8) is 0 Å². The van der Waals surface area contributed by atoms with Crippen molar-refractivity contribution in [1.29, 1.82) is 0 Å². The van der Waals surface area contributed by atoms with E-state index in [4.69, 9.17) is 0 Å². The third-order valence-corrected chi connectivity index (χ3v) is 4.77. The second kappa shape index (κ2) is 5.98. The van der Waals surface area contributed by atoms with Crippen molar-refractivity contribution in [2.45, 2.75) is 44.6 Å². The Bertz CT molecular complexity index is 601. The van der Waals surface area contributed by atoms with Crippen LogP contribution in [-0.4, -0.2) is 27.4 Å². The Hall–Kier alpha value is -1.68. The number of rotatable bonds is 4. The molecule has 0 atom stereocenters. The standard InChI is InChI=1S/C17H23N3O/c1-2-13-7-9-17(21,10-8-13)12-18-16-15-6-4-3-5-14(15)11-19-20-16/h3-6,11,13,21H,2,7-10,12H2,1H3,(H,18,20). The van der Waals surface area contributed by atoms with Gasteiger partial charge < -0.3 is 10.4 Å². The van der Waals surface area contributed by atoms with Crippen molar-refractivity contribution in [2.75, 3.05) is 11.9 Å². The van der Waals surface area contributed by atoms with Gasteiger partial charge in [0.05, 0.1) is 11.8 Å². The van der Waals surface area contributed by atoms with Crippen LogP contribution < -0.4 is 5.32 Å². The molecule has 1 aromatic carbocycles. The topological polar surface area (TPSA) is 58.0 Å². The first-order valence-electron chi connectivity index (χ1n) is 7.87. The summed E-state index contributed by atoms with van der Waals surface area (Å²) in [7, 11) is 0. The Morgan fingerprint density at radius 3 is 2.81 bits per heavy atom. The molecule has 3 rings (SSSR count). The zero-order chi connectivity index (χ0) is 14.7. The van der Waals surface area contributed by atoms with Crippen molar-refractivity contribution in [3.05, 3.63) is 30.5 Å². The molecule has 1 aliphatic carbocycles. The van der Waals surface area contributed by atoms with Gasteiger partial charge in [0.15, 0.2) is 5.82 Å². The van der Waals surface area contributed by atoms with Gasteiger partial charge in [0.25, 0.3) is 0 Å². The van der Waals surface area contributed by atoms with E-state index < -0.39 is 5.60 Å². The van der Waals surface area contributed by atoms with E-state index >= 15 is 0 Å². The minimum absolute atomic E-state index is 0.548.